The molecule has 1 aliphatic rings. The van der Waals surface area contributed by atoms with E-state index in [0.29, 0.717) is 12.2 Å². The zero-order valence-corrected chi connectivity index (χ0v) is 14.6. The normalized spacial score (nSPS) is 17.3. The molecule has 0 radical (unpaired) electrons. The van der Waals surface area contributed by atoms with Crippen molar-refractivity contribution >= 4 is 5.91 Å². The SMILES string of the molecule is Cc1cnc(C(=O)N2CCCC(c3[nH]ncc3-c3ccncc3)C2)cn1. The summed E-state index contributed by atoms with van der Waals surface area (Å²) >= 11 is 0. The highest BCUT2D eigenvalue weighted by atomic mass is 16.2. The lowest BCUT2D eigenvalue weighted by Gasteiger charge is -2.32. The summed E-state index contributed by atoms with van der Waals surface area (Å²) in [6.45, 7) is 3.25. The molecule has 1 N–H and O–H groups in total. The third-order valence-corrected chi connectivity index (χ3v) is 4.78. The molecule has 7 heteroatoms. The molecule has 26 heavy (non-hydrogen) atoms. The van der Waals surface area contributed by atoms with Gasteiger partial charge in [0.2, 0.25) is 0 Å². The molecule has 0 saturated carbocycles. The Balaban J connectivity index is 1.55. The molecule has 1 atom stereocenters. The van der Waals surface area contributed by atoms with E-state index in [1.165, 1.54) is 0 Å². The van der Waals surface area contributed by atoms with E-state index in [-0.39, 0.29) is 11.8 Å². The van der Waals surface area contributed by atoms with E-state index < -0.39 is 0 Å². The first-order valence-corrected chi connectivity index (χ1v) is 8.74. The van der Waals surface area contributed by atoms with Gasteiger partial charge < -0.3 is 4.90 Å². The number of nitrogens with one attached hydrogen (secondary N) is 1. The molecule has 1 aliphatic heterocycles. The summed E-state index contributed by atoms with van der Waals surface area (Å²) in [4.78, 5) is 27.1. The molecule has 1 amide bonds. The van der Waals surface area contributed by atoms with Gasteiger partial charge in [-0.1, -0.05) is 0 Å². The molecule has 1 unspecified atom stereocenters. The first-order chi connectivity index (χ1) is 12.7. The number of amides is 1. The highest BCUT2D eigenvalue weighted by Crippen LogP contribution is 2.33. The van der Waals surface area contributed by atoms with Crippen LogP contribution in [0.4, 0.5) is 0 Å². The van der Waals surface area contributed by atoms with Crippen LogP contribution in [0.5, 0.6) is 0 Å². The van der Waals surface area contributed by atoms with E-state index in [1.807, 2.05) is 30.2 Å². The van der Waals surface area contributed by atoms with Gasteiger partial charge in [-0.05, 0) is 37.5 Å². The summed E-state index contributed by atoms with van der Waals surface area (Å²) in [5.74, 6) is 0.156. The largest absolute Gasteiger partial charge is 0.337 e. The molecule has 3 aromatic heterocycles. The smallest absolute Gasteiger partial charge is 0.274 e. The summed E-state index contributed by atoms with van der Waals surface area (Å²) in [7, 11) is 0. The van der Waals surface area contributed by atoms with Gasteiger partial charge in [0.05, 0.1) is 18.1 Å². The van der Waals surface area contributed by atoms with E-state index in [9.17, 15) is 4.79 Å². The Morgan fingerprint density at radius 3 is 2.81 bits per heavy atom. The number of piperidine rings is 1. The number of aromatic amines is 1. The number of pyridine rings is 1. The molecule has 0 aromatic carbocycles. The fraction of sp³-hybridized carbons (Fsp3) is 0.316. The fourth-order valence-corrected chi connectivity index (χ4v) is 3.43. The Bertz CT molecular complexity index is 890. The van der Waals surface area contributed by atoms with Gasteiger partial charge in [0.1, 0.15) is 5.69 Å². The highest BCUT2D eigenvalue weighted by Gasteiger charge is 2.28. The van der Waals surface area contributed by atoms with Gasteiger partial charge in [-0.25, -0.2) is 4.98 Å². The van der Waals surface area contributed by atoms with Gasteiger partial charge in [0, 0.05) is 48.9 Å². The predicted octanol–water partition coefficient (Wildman–Crippen LogP) is 2.59. The van der Waals surface area contributed by atoms with Crippen molar-refractivity contribution in [1.82, 2.24) is 30.0 Å². The van der Waals surface area contributed by atoms with Gasteiger partial charge in [-0.3, -0.25) is 19.9 Å². The first-order valence-electron chi connectivity index (χ1n) is 8.74. The van der Waals surface area contributed by atoms with Crippen molar-refractivity contribution in [3.63, 3.8) is 0 Å². The minimum Gasteiger partial charge on any atom is -0.337 e. The van der Waals surface area contributed by atoms with Crippen LogP contribution in [0.25, 0.3) is 11.1 Å². The quantitative estimate of drug-likeness (QED) is 0.786. The number of carbonyl (C=O) groups is 1. The van der Waals surface area contributed by atoms with E-state index in [1.54, 1.807) is 24.8 Å². The van der Waals surface area contributed by atoms with Gasteiger partial charge in [-0.2, -0.15) is 5.10 Å². The molecule has 0 spiro atoms. The molecule has 7 nitrogen and oxygen atoms in total. The van der Waals surface area contributed by atoms with Crippen LogP contribution >= 0.6 is 0 Å². The molecular formula is C19H20N6O. The summed E-state index contributed by atoms with van der Waals surface area (Å²) in [5.41, 5.74) is 4.43. The minimum atomic E-state index is -0.0628. The monoisotopic (exact) mass is 348 g/mol. The molecule has 1 fully saturated rings. The summed E-state index contributed by atoms with van der Waals surface area (Å²) in [5, 5.41) is 7.38. The van der Waals surface area contributed by atoms with Crippen molar-refractivity contribution in [1.29, 1.82) is 0 Å². The van der Waals surface area contributed by atoms with Crippen molar-refractivity contribution < 1.29 is 4.79 Å². The lowest BCUT2D eigenvalue weighted by Crippen LogP contribution is -2.39. The second-order valence-corrected chi connectivity index (χ2v) is 6.57. The highest BCUT2D eigenvalue weighted by molar-refractivity contribution is 5.92. The van der Waals surface area contributed by atoms with Crippen molar-refractivity contribution in [2.75, 3.05) is 13.1 Å². The number of hydrogen-bond donors (Lipinski definition) is 1. The molecule has 0 aliphatic carbocycles. The third-order valence-electron chi connectivity index (χ3n) is 4.78. The number of likely N-dealkylation sites (tertiary alicyclic amines) is 1. The third kappa shape index (κ3) is 3.20. The molecule has 1 saturated heterocycles. The molecule has 132 valence electrons. The minimum absolute atomic E-state index is 0.0628. The van der Waals surface area contributed by atoms with Crippen LogP contribution in [0, 0.1) is 6.92 Å². The number of rotatable bonds is 3. The number of aryl methyl sites for hydroxylation is 1. The number of aromatic nitrogens is 5. The van der Waals surface area contributed by atoms with Crippen molar-refractivity contribution in [3.8, 4) is 11.1 Å². The number of H-pyrrole nitrogens is 1. The van der Waals surface area contributed by atoms with E-state index in [4.69, 9.17) is 0 Å². The lowest BCUT2D eigenvalue weighted by molar-refractivity contribution is 0.0699. The van der Waals surface area contributed by atoms with Crippen LogP contribution in [0.2, 0.25) is 0 Å². The molecule has 0 bridgehead atoms. The number of nitrogens with zero attached hydrogens (tertiary/aromatic N) is 5. The lowest BCUT2D eigenvalue weighted by atomic mass is 9.90. The van der Waals surface area contributed by atoms with Crippen molar-refractivity contribution in [3.05, 3.63) is 60.2 Å². The molecule has 4 rings (SSSR count). The zero-order chi connectivity index (χ0) is 17.9. The van der Waals surface area contributed by atoms with Crippen molar-refractivity contribution in [2.45, 2.75) is 25.7 Å². The molecule has 3 aromatic rings. The zero-order valence-electron chi connectivity index (χ0n) is 14.6. The van der Waals surface area contributed by atoms with Gasteiger partial charge in [-0.15, -0.1) is 0 Å². The van der Waals surface area contributed by atoms with Crippen LogP contribution in [-0.4, -0.2) is 49.0 Å². The average molecular weight is 348 g/mol. The Morgan fingerprint density at radius 2 is 2.04 bits per heavy atom. The second kappa shape index (κ2) is 7.03. The average Bonchev–Trinajstić information content (AvgIpc) is 3.19. The Morgan fingerprint density at radius 1 is 1.19 bits per heavy atom. The maximum absolute atomic E-state index is 12.8. The van der Waals surface area contributed by atoms with E-state index in [0.717, 1.165) is 41.9 Å². The Labute approximate surface area is 151 Å². The summed E-state index contributed by atoms with van der Waals surface area (Å²) < 4.78 is 0. The van der Waals surface area contributed by atoms with E-state index in [2.05, 4.69) is 25.1 Å². The van der Waals surface area contributed by atoms with Crippen LogP contribution < -0.4 is 0 Å². The van der Waals surface area contributed by atoms with Gasteiger partial charge in [0.25, 0.3) is 5.91 Å². The second-order valence-electron chi connectivity index (χ2n) is 6.57. The van der Waals surface area contributed by atoms with E-state index >= 15 is 0 Å². The summed E-state index contributed by atoms with van der Waals surface area (Å²) in [6.07, 6.45) is 10.5. The molecular weight excluding hydrogens is 328 g/mol. The van der Waals surface area contributed by atoms with Gasteiger partial charge >= 0.3 is 0 Å². The maximum Gasteiger partial charge on any atom is 0.274 e. The van der Waals surface area contributed by atoms with Crippen LogP contribution in [-0.2, 0) is 0 Å². The first kappa shape index (κ1) is 16.4. The van der Waals surface area contributed by atoms with Crippen LogP contribution in [0.3, 0.4) is 0 Å². The topological polar surface area (TPSA) is 87.7 Å². The van der Waals surface area contributed by atoms with Crippen LogP contribution in [0.1, 0.15) is 40.6 Å². The number of carbonyl (C=O) groups excluding carboxylic acids is 1. The fourth-order valence-electron chi connectivity index (χ4n) is 3.43. The molecule has 4 heterocycles. The number of hydrogen-bond acceptors (Lipinski definition) is 5. The Kier molecular flexibility index (Phi) is 4.43. The van der Waals surface area contributed by atoms with Gasteiger partial charge in [0.15, 0.2) is 0 Å². The maximum atomic E-state index is 12.8. The van der Waals surface area contributed by atoms with Crippen molar-refractivity contribution in [2.24, 2.45) is 0 Å². The van der Waals surface area contributed by atoms with Crippen LogP contribution in [0.15, 0.2) is 43.1 Å². The predicted molar refractivity (Wildman–Crippen MR) is 96.5 cm³/mol. The Hall–Kier alpha value is -3.09. The summed E-state index contributed by atoms with van der Waals surface area (Å²) in [6, 6.07) is 3.95. The standard InChI is InChI=1S/C19H20N6O/c1-13-9-22-17(11-21-13)19(26)25-8-2-3-15(12-25)18-16(10-23-24-18)14-4-6-20-7-5-14/h4-7,9-11,15H,2-3,8,12H2,1H3,(H,23,24).